The summed E-state index contributed by atoms with van der Waals surface area (Å²) >= 11 is 0. The fraction of sp³-hybridized carbons (Fsp3) is 0.487. The Morgan fingerprint density at radius 1 is 0.977 bits per heavy atom. The molecule has 0 spiro atoms. The molecule has 5 heteroatoms. The molecule has 0 unspecified atom stereocenters. The largest absolute Gasteiger partial charge is 0.512 e. The van der Waals surface area contributed by atoms with Crippen molar-refractivity contribution in [1.29, 1.82) is 0 Å². The van der Waals surface area contributed by atoms with Gasteiger partial charge in [0.25, 0.3) is 0 Å². The quantitative estimate of drug-likeness (QED) is 0.115. The van der Waals surface area contributed by atoms with Crippen molar-refractivity contribution in [3.05, 3.63) is 76.2 Å². The molecule has 0 saturated heterocycles. The molecule has 1 N–H and O–H groups in total. The molecule has 0 saturated carbocycles. The van der Waals surface area contributed by atoms with Crippen LogP contribution in [0.25, 0.3) is 33.2 Å². The van der Waals surface area contributed by atoms with Crippen LogP contribution in [0.4, 0.5) is 0 Å². The first-order valence-electron chi connectivity index (χ1n) is 16.0. The van der Waals surface area contributed by atoms with E-state index < -0.39 is 0 Å². The molecule has 2 aromatic carbocycles. The fourth-order valence-corrected chi connectivity index (χ4v) is 6.51. The van der Waals surface area contributed by atoms with E-state index in [0.29, 0.717) is 0 Å². The number of aryl methyl sites for hydroxylation is 2. The summed E-state index contributed by atoms with van der Waals surface area (Å²) in [7, 11) is 0. The van der Waals surface area contributed by atoms with Crippen LogP contribution in [-0.2, 0) is 35.7 Å². The summed E-state index contributed by atoms with van der Waals surface area (Å²) in [5, 5.41) is 12.2. The van der Waals surface area contributed by atoms with Gasteiger partial charge in [-0.25, -0.2) is 0 Å². The summed E-state index contributed by atoms with van der Waals surface area (Å²) in [5.74, 6) is 0.547. The molecule has 4 nitrogen and oxygen atoms in total. The number of ketones is 1. The van der Waals surface area contributed by atoms with Crippen LogP contribution >= 0.6 is 0 Å². The number of carbonyl (C=O) groups is 1. The number of aromatic nitrogens is 1. The third kappa shape index (κ3) is 6.46. The third-order valence-electron chi connectivity index (χ3n) is 9.38. The van der Waals surface area contributed by atoms with Gasteiger partial charge in [0.05, 0.1) is 11.3 Å². The second-order valence-electron chi connectivity index (χ2n) is 13.8. The van der Waals surface area contributed by atoms with Crippen LogP contribution in [0.5, 0.6) is 0 Å². The number of benzene rings is 2. The van der Waals surface area contributed by atoms with Crippen LogP contribution in [0.15, 0.2) is 46.7 Å². The van der Waals surface area contributed by atoms with Crippen molar-refractivity contribution in [2.45, 2.75) is 113 Å². The molecular formula is C39H50IrNO3-. The number of pyridine rings is 1. The van der Waals surface area contributed by atoms with E-state index in [1.165, 1.54) is 39.1 Å². The first-order valence-corrected chi connectivity index (χ1v) is 16.0. The van der Waals surface area contributed by atoms with Gasteiger partial charge in [-0.15, -0.1) is 17.7 Å². The Morgan fingerprint density at radius 2 is 1.59 bits per heavy atom. The number of fused-ring (bicyclic) bond motifs is 2. The Bertz CT molecular complexity index is 1680. The zero-order chi connectivity index (χ0) is 31.9. The van der Waals surface area contributed by atoms with E-state index in [-0.39, 0.29) is 54.3 Å². The van der Waals surface area contributed by atoms with E-state index in [4.69, 9.17) is 9.40 Å². The van der Waals surface area contributed by atoms with Gasteiger partial charge in [-0.05, 0) is 65.8 Å². The van der Waals surface area contributed by atoms with Crippen LogP contribution in [-0.4, -0.2) is 15.9 Å². The minimum atomic E-state index is -0.180. The molecule has 0 amide bonds. The van der Waals surface area contributed by atoms with Gasteiger partial charge in [0, 0.05) is 49.6 Å². The number of rotatable bonds is 7. The SMILES string of the molecule is CCC(CC)C(=O)/C=C(\O)C(CC)CC.Cc1cnc2c(c1)C(C)(C)c1ccc(C(C)(C)C)c3oc4c(C)c[c-]c-2c4c13.[Ir]. The van der Waals surface area contributed by atoms with E-state index >= 15 is 0 Å². The van der Waals surface area contributed by atoms with Crippen molar-refractivity contribution in [1.82, 2.24) is 4.98 Å². The average Bonchev–Trinajstić information content (AvgIpc) is 3.32. The topological polar surface area (TPSA) is 63.3 Å². The number of nitrogens with zero attached hydrogens (tertiary/aromatic N) is 1. The van der Waals surface area contributed by atoms with Gasteiger partial charge in [0.1, 0.15) is 5.58 Å². The van der Waals surface area contributed by atoms with Crippen molar-refractivity contribution >= 4 is 27.7 Å². The number of aliphatic hydroxyl groups excluding tert-OH is 1. The first-order chi connectivity index (χ1) is 20.2. The normalized spacial score (nSPS) is 14.0. The molecule has 239 valence electrons. The molecule has 2 heterocycles. The minimum Gasteiger partial charge on any atom is -0.512 e. The smallest absolute Gasteiger partial charge is 0.162 e. The third-order valence-corrected chi connectivity index (χ3v) is 9.38. The standard InChI is InChI=1S/C26H26NO.C13H24O2.Ir/c1-14-12-19-22(27-13-14)16-9-8-15(2)23-20(16)21-17(26(19,6)7)10-11-18(24(21)28-23)25(3,4)5;1-5-10(6-2)12(14)9-13(15)11(7-3)8-4;/h8,10-13H,1-7H3;9-11,14H,5-8H2,1-4H3;/q-1;;/b;12-9-;. The van der Waals surface area contributed by atoms with Crippen LogP contribution in [0.1, 0.15) is 116 Å². The van der Waals surface area contributed by atoms with E-state index in [2.05, 4.69) is 72.7 Å². The maximum Gasteiger partial charge on any atom is 0.162 e. The number of allylic oxidation sites excluding steroid dienone is 2. The number of furan rings is 1. The molecule has 0 fully saturated rings. The Balaban J connectivity index is 0.000000286. The van der Waals surface area contributed by atoms with E-state index in [0.717, 1.165) is 53.7 Å². The Hall–Kier alpha value is -2.75. The zero-order valence-corrected chi connectivity index (χ0v) is 30.9. The van der Waals surface area contributed by atoms with Crippen molar-refractivity contribution in [3.8, 4) is 11.3 Å². The number of aliphatic hydroxyl groups is 1. The molecule has 0 aliphatic heterocycles. The van der Waals surface area contributed by atoms with E-state index in [9.17, 15) is 9.90 Å². The molecule has 0 bridgehead atoms. The van der Waals surface area contributed by atoms with Crippen molar-refractivity contribution in [2.24, 2.45) is 11.8 Å². The van der Waals surface area contributed by atoms with Gasteiger partial charge in [-0.1, -0.05) is 104 Å². The molecule has 1 radical (unpaired) electrons. The van der Waals surface area contributed by atoms with Gasteiger partial charge in [0.15, 0.2) is 5.78 Å². The summed E-state index contributed by atoms with van der Waals surface area (Å²) in [6.07, 6.45) is 6.87. The number of hydrogen-bond donors (Lipinski definition) is 1. The minimum absolute atomic E-state index is 0. The summed E-state index contributed by atoms with van der Waals surface area (Å²) in [6.45, 7) is 23.6. The van der Waals surface area contributed by atoms with Gasteiger partial charge in [-0.2, -0.15) is 0 Å². The fourth-order valence-electron chi connectivity index (χ4n) is 6.51. The zero-order valence-electron chi connectivity index (χ0n) is 28.5. The number of hydrogen-bond acceptors (Lipinski definition) is 4. The van der Waals surface area contributed by atoms with Crippen molar-refractivity contribution in [2.75, 3.05) is 0 Å². The first kappa shape index (κ1) is 35.7. The molecule has 1 aliphatic rings. The number of carbonyl (C=O) groups excluding carboxylic acids is 1. The predicted octanol–water partition coefficient (Wildman–Crippen LogP) is 10.9. The molecule has 5 rings (SSSR count). The van der Waals surface area contributed by atoms with Crippen molar-refractivity contribution < 1.29 is 34.4 Å². The van der Waals surface area contributed by atoms with Crippen LogP contribution in [0.3, 0.4) is 0 Å². The summed E-state index contributed by atoms with van der Waals surface area (Å²) in [5.41, 5.74) is 10.0. The summed E-state index contributed by atoms with van der Waals surface area (Å²) in [4.78, 5) is 16.6. The van der Waals surface area contributed by atoms with Gasteiger partial charge >= 0.3 is 0 Å². The van der Waals surface area contributed by atoms with Gasteiger partial charge in [-0.3, -0.25) is 4.79 Å². The van der Waals surface area contributed by atoms with Gasteiger partial charge in [0.2, 0.25) is 0 Å². The van der Waals surface area contributed by atoms with E-state index in [1.54, 1.807) is 0 Å². The molecule has 2 aromatic heterocycles. The second kappa shape index (κ2) is 13.7. The van der Waals surface area contributed by atoms with Crippen molar-refractivity contribution in [3.63, 3.8) is 0 Å². The monoisotopic (exact) mass is 773 g/mol. The Kier molecular flexibility index (Phi) is 11.1. The van der Waals surface area contributed by atoms with Crippen LogP contribution < -0.4 is 0 Å². The van der Waals surface area contributed by atoms with Crippen LogP contribution in [0.2, 0.25) is 0 Å². The maximum atomic E-state index is 11.7. The maximum absolute atomic E-state index is 11.7. The molecule has 1 aliphatic carbocycles. The summed E-state index contributed by atoms with van der Waals surface area (Å²) in [6, 6.07) is 12.4. The summed E-state index contributed by atoms with van der Waals surface area (Å²) < 4.78 is 6.58. The Morgan fingerprint density at radius 3 is 2.16 bits per heavy atom. The molecule has 4 aromatic rings. The molecule has 0 atom stereocenters. The molecular weight excluding hydrogens is 723 g/mol. The molecule has 44 heavy (non-hydrogen) atoms. The van der Waals surface area contributed by atoms with E-state index in [1.807, 2.05) is 40.0 Å². The predicted molar refractivity (Wildman–Crippen MR) is 180 cm³/mol. The average molecular weight is 773 g/mol. The Labute approximate surface area is 278 Å². The van der Waals surface area contributed by atoms with Crippen LogP contribution in [0, 0.1) is 31.7 Å². The van der Waals surface area contributed by atoms with Gasteiger partial charge < -0.3 is 14.5 Å². The second-order valence-corrected chi connectivity index (χ2v) is 13.8.